The Kier molecular flexibility index (Phi) is 5.05. The zero-order valence-electron chi connectivity index (χ0n) is 12.9. The summed E-state index contributed by atoms with van der Waals surface area (Å²) in [4.78, 5) is 29.1. The number of hydrogen-bond donors (Lipinski definition) is 1. The number of carboxylic acid groups (broad SMARTS) is 1. The van der Waals surface area contributed by atoms with Crippen LogP contribution in [0.5, 0.6) is 0 Å². The second kappa shape index (κ2) is 6.62. The lowest BCUT2D eigenvalue weighted by Crippen LogP contribution is -2.59. The van der Waals surface area contributed by atoms with E-state index < -0.39 is 5.97 Å². The van der Waals surface area contributed by atoms with Crippen molar-refractivity contribution in [1.29, 1.82) is 0 Å². The monoisotopic (exact) mass is 299 g/mol. The third kappa shape index (κ3) is 4.07. The fourth-order valence-electron chi connectivity index (χ4n) is 2.90. The predicted octanol–water partition coefficient (Wildman–Crippen LogP) is 0.310. The van der Waals surface area contributed by atoms with Crippen molar-refractivity contribution in [3.63, 3.8) is 0 Å². The Morgan fingerprint density at radius 1 is 1.14 bits per heavy atom. The van der Waals surface area contributed by atoms with Crippen molar-refractivity contribution in [2.24, 2.45) is 0 Å². The molecule has 0 aliphatic carbocycles. The molecule has 7 heteroatoms. The number of carbonyl (C=O) groups is 2. The summed E-state index contributed by atoms with van der Waals surface area (Å²) < 4.78 is 5.45. The van der Waals surface area contributed by atoms with E-state index >= 15 is 0 Å². The first-order valence-corrected chi connectivity index (χ1v) is 7.48. The summed E-state index contributed by atoms with van der Waals surface area (Å²) >= 11 is 0. The Balaban J connectivity index is 1.95. The molecule has 0 aromatic rings. The highest BCUT2D eigenvalue weighted by molar-refractivity contribution is 5.75. The number of aliphatic carboxylic acids is 1. The minimum atomic E-state index is -0.816. The number of morpholine rings is 1. The van der Waals surface area contributed by atoms with E-state index in [4.69, 9.17) is 9.84 Å². The van der Waals surface area contributed by atoms with Crippen molar-refractivity contribution < 1.29 is 19.4 Å². The number of amides is 2. The van der Waals surface area contributed by atoms with E-state index in [0.717, 1.165) is 13.0 Å². The van der Waals surface area contributed by atoms with Gasteiger partial charge in [-0.15, -0.1) is 0 Å². The number of urea groups is 1. The van der Waals surface area contributed by atoms with Gasteiger partial charge in [0.2, 0.25) is 0 Å². The first kappa shape index (κ1) is 16.0. The third-order valence-electron chi connectivity index (χ3n) is 4.09. The summed E-state index contributed by atoms with van der Waals surface area (Å²) in [6, 6.07) is 0.0421. The number of carbonyl (C=O) groups excluding carboxylic acids is 1. The van der Waals surface area contributed by atoms with Crippen LogP contribution in [0.25, 0.3) is 0 Å². The summed E-state index contributed by atoms with van der Waals surface area (Å²) in [5.74, 6) is -0.816. The molecule has 2 aliphatic heterocycles. The lowest BCUT2D eigenvalue weighted by Gasteiger charge is -2.44. The molecule has 0 spiro atoms. The van der Waals surface area contributed by atoms with Gasteiger partial charge in [-0.05, 0) is 20.3 Å². The maximum absolute atomic E-state index is 12.7. The zero-order chi connectivity index (χ0) is 15.5. The average molecular weight is 299 g/mol. The minimum Gasteiger partial charge on any atom is -0.480 e. The summed E-state index contributed by atoms with van der Waals surface area (Å²) in [5.41, 5.74) is -0.289. The maximum atomic E-state index is 12.7. The molecular formula is C14H25N3O4. The molecule has 0 bridgehead atoms. The number of hydrogen-bond acceptors (Lipinski definition) is 4. The molecule has 0 aromatic heterocycles. The molecule has 0 atom stereocenters. The van der Waals surface area contributed by atoms with Gasteiger partial charge in [-0.2, -0.15) is 0 Å². The molecule has 120 valence electrons. The molecule has 0 aromatic carbocycles. The SMILES string of the molecule is CC1(C)COCCN1C(=O)N1CCCN(CC(=O)O)CC1. The molecular weight excluding hydrogens is 274 g/mol. The van der Waals surface area contributed by atoms with Crippen molar-refractivity contribution in [2.75, 3.05) is 52.5 Å². The van der Waals surface area contributed by atoms with Crippen LogP contribution in [0.15, 0.2) is 0 Å². The van der Waals surface area contributed by atoms with E-state index in [2.05, 4.69) is 0 Å². The van der Waals surface area contributed by atoms with Gasteiger partial charge in [-0.1, -0.05) is 0 Å². The highest BCUT2D eigenvalue weighted by atomic mass is 16.5. The van der Waals surface area contributed by atoms with Crippen LogP contribution >= 0.6 is 0 Å². The van der Waals surface area contributed by atoms with Crippen LogP contribution in [-0.4, -0.2) is 89.8 Å². The van der Waals surface area contributed by atoms with Gasteiger partial charge in [-0.25, -0.2) is 4.79 Å². The van der Waals surface area contributed by atoms with Gasteiger partial charge >= 0.3 is 12.0 Å². The molecule has 0 radical (unpaired) electrons. The van der Waals surface area contributed by atoms with E-state index in [-0.39, 0.29) is 18.1 Å². The smallest absolute Gasteiger partial charge is 0.320 e. The summed E-state index contributed by atoms with van der Waals surface area (Å²) in [7, 11) is 0. The van der Waals surface area contributed by atoms with Gasteiger partial charge in [-0.3, -0.25) is 9.69 Å². The fraction of sp³-hybridized carbons (Fsp3) is 0.857. The Morgan fingerprint density at radius 2 is 1.90 bits per heavy atom. The van der Waals surface area contributed by atoms with Crippen LogP contribution in [0.1, 0.15) is 20.3 Å². The van der Waals surface area contributed by atoms with Crippen molar-refractivity contribution in [3.8, 4) is 0 Å². The summed E-state index contributed by atoms with van der Waals surface area (Å²) in [6.07, 6.45) is 0.809. The summed E-state index contributed by atoms with van der Waals surface area (Å²) in [6.45, 7) is 8.42. The minimum absolute atomic E-state index is 0.0421. The van der Waals surface area contributed by atoms with Crippen LogP contribution in [0.2, 0.25) is 0 Å². The number of rotatable bonds is 2. The zero-order valence-corrected chi connectivity index (χ0v) is 12.9. The predicted molar refractivity (Wildman–Crippen MR) is 77.3 cm³/mol. The average Bonchev–Trinajstić information content (AvgIpc) is 2.62. The maximum Gasteiger partial charge on any atom is 0.320 e. The molecule has 2 fully saturated rings. The van der Waals surface area contributed by atoms with Crippen LogP contribution < -0.4 is 0 Å². The molecule has 0 unspecified atom stereocenters. The second-order valence-corrected chi connectivity index (χ2v) is 6.31. The van der Waals surface area contributed by atoms with Gasteiger partial charge in [0.15, 0.2) is 0 Å². The molecule has 2 amide bonds. The fourth-order valence-corrected chi connectivity index (χ4v) is 2.90. The van der Waals surface area contributed by atoms with E-state index in [9.17, 15) is 9.59 Å². The molecule has 2 rings (SSSR count). The molecule has 7 nitrogen and oxygen atoms in total. The normalized spacial score (nSPS) is 23.7. The first-order chi connectivity index (χ1) is 9.90. The Morgan fingerprint density at radius 3 is 2.57 bits per heavy atom. The molecule has 21 heavy (non-hydrogen) atoms. The summed E-state index contributed by atoms with van der Waals surface area (Å²) in [5, 5.41) is 8.86. The van der Waals surface area contributed by atoms with Crippen molar-refractivity contribution in [2.45, 2.75) is 25.8 Å². The van der Waals surface area contributed by atoms with Gasteiger partial charge in [0.05, 0.1) is 25.3 Å². The van der Waals surface area contributed by atoms with Gasteiger partial charge in [0.25, 0.3) is 0 Å². The largest absolute Gasteiger partial charge is 0.480 e. The second-order valence-electron chi connectivity index (χ2n) is 6.31. The van der Waals surface area contributed by atoms with Crippen LogP contribution in [0, 0.1) is 0 Å². The van der Waals surface area contributed by atoms with Gasteiger partial charge < -0.3 is 19.6 Å². The Hall–Kier alpha value is -1.34. The molecule has 2 saturated heterocycles. The van der Waals surface area contributed by atoms with E-state index in [1.54, 1.807) is 0 Å². The van der Waals surface area contributed by atoms with Gasteiger partial charge in [0.1, 0.15) is 0 Å². The number of ether oxygens (including phenoxy) is 1. The lowest BCUT2D eigenvalue weighted by atomic mass is 10.0. The molecule has 1 N–H and O–H groups in total. The molecule has 2 aliphatic rings. The van der Waals surface area contributed by atoms with Gasteiger partial charge in [0, 0.05) is 32.7 Å². The van der Waals surface area contributed by atoms with E-state index in [1.165, 1.54) is 0 Å². The van der Waals surface area contributed by atoms with Crippen molar-refractivity contribution >= 4 is 12.0 Å². The van der Waals surface area contributed by atoms with Crippen LogP contribution in [0.4, 0.5) is 4.79 Å². The number of carboxylic acids is 1. The highest BCUT2D eigenvalue weighted by Crippen LogP contribution is 2.21. The van der Waals surface area contributed by atoms with E-state index in [1.807, 2.05) is 28.5 Å². The van der Waals surface area contributed by atoms with Crippen molar-refractivity contribution in [3.05, 3.63) is 0 Å². The topological polar surface area (TPSA) is 73.3 Å². The van der Waals surface area contributed by atoms with Crippen LogP contribution in [-0.2, 0) is 9.53 Å². The molecule has 0 saturated carbocycles. The first-order valence-electron chi connectivity index (χ1n) is 7.48. The third-order valence-corrected chi connectivity index (χ3v) is 4.09. The van der Waals surface area contributed by atoms with Crippen molar-refractivity contribution in [1.82, 2.24) is 14.7 Å². The Labute approximate surface area is 125 Å². The lowest BCUT2D eigenvalue weighted by molar-refractivity contribution is -0.138. The highest BCUT2D eigenvalue weighted by Gasteiger charge is 2.36. The van der Waals surface area contributed by atoms with E-state index in [0.29, 0.717) is 39.4 Å². The quantitative estimate of drug-likeness (QED) is 0.794. The number of nitrogens with zero attached hydrogens (tertiary/aromatic N) is 3. The molecule has 2 heterocycles. The standard InChI is InChI=1S/C14H25N3O4/c1-14(2)11-21-9-8-17(14)13(20)16-5-3-4-15(6-7-16)10-12(18)19/h3-11H2,1-2H3,(H,18,19). The van der Waals surface area contributed by atoms with Crippen LogP contribution in [0.3, 0.4) is 0 Å². The Bertz CT molecular complexity index is 400.